The van der Waals surface area contributed by atoms with Gasteiger partial charge in [-0.2, -0.15) is 0 Å². The maximum Gasteiger partial charge on any atom is 0.407 e. The van der Waals surface area contributed by atoms with Gasteiger partial charge in [-0.15, -0.1) is 0 Å². The van der Waals surface area contributed by atoms with Crippen LogP contribution < -0.4 is 16.2 Å². The van der Waals surface area contributed by atoms with Gasteiger partial charge in [0.1, 0.15) is 11.4 Å². The fraction of sp³-hybridized carbons (Fsp3) is 0.500. The molecule has 1 aliphatic rings. The number of amides is 2. The Morgan fingerprint density at radius 2 is 1.61 bits per heavy atom. The Morgan fingerprint density at radius 3 is 2.28 bits per heavy atom. The first-order chi connectivity index (χ1) is 27.2. The number of ether oxygens (including phenoxy) is 1. The molecule has 0 saturated heterocycles. The predicted octanol–water partition coefficient (Wildman–Crippen LogP) is 8.61. The van der Waals surface area contributed by atoms with Crippen LogP contribution in [-0.4, -0.2) is 70.4 Å². The second-order valence-corrected chi connectivity index (χ2v) is 16.6. The second-order valence-electron chi connectivity index (χ2n) is 16.6. The average Bonchev–Trinajstić information content (AvgIpc) is 3.55. The van der Waals surface area contributed by atoms with Gasteiger partial charge in [-0.1, -0.05) is 50.2 Å². The normalized spacial score (nSPS) is 16.3. The Balaban J connectivity index is 1.23. The highest BCUT2D eigenvalue weighted by molar-refractivity contribution is 5.98. The lowest BCUT2D eigenvalue weighted by Crippen LogP contribution is -2.37. The maximum atomic E-state index is 13.9. The summed E-state index contributed by atoms with van der Waals surface area (Å²) in [6.07, 6.45) is 5.51. The lowest BCUT2D eigenvalue weighted by atomic mass is 9.77. The summed E-state index contributed by atoms with van der Waals surface area (Å²) in [7, 11) is 0. The van der Waals surface area contributed by atoms with E-state index in [2.05, 4.69) is 39.6 Å². The van der Waals surface area contributed by atoms with Crippen molar-refractivity contribution >= 4 is 40.2 Å². The van der Waals surface area contributed by atoms with Crippen LogP contribution in [0.2, 0.25) is 0 Å². The number of carbonyl (C=O) groups is 4. The van der Waals surface area contributed by atoms with E-state index in [0.717, 1.165) is 73.1 Å². The molecule has 1 aliphatic carbocycles. The fourth-order valence-corrected chi connectivity index (χ4v) is 7.83. The molecule has 2 amide bonds. The van der Waals surface area contributed by atoms with Gasteiger partial charge in [0.15, 0.2) is 5.78 Å². The van der Waals surface area contributed by atoms with Crippen molar-refractivity contribution in [2.45, 2.75) is 105 Å². The summed E-state index contributed by atoms with van der Waals surface area (Å²) in [5.74, 6) is -0.513. The van der Waals surface area contributed by atoms with Gasteiger partial charge >= 0.3 is 6.09 Å². The molecule has 0 spiro atoms. The number of benzene rings is 3. The summed E-state index contributed by atoms with van der Waals surface area (Å²) in [5.41, 5.74) is 5.06. The van der Waals surface area contributed by atoms with Crippen molar-refractivity contribution in [2.75, 3.05) is 31.5 Å². The summed E-state index contributed by atoms with van der Waals surface area (Å²) in [6, 6.07) is 19.1. The Hall–Kier alpha value is -5.03. The number of nitrogens with zero attached hydrogens (tertiary/aromatic N) is 1. The van der Waals surface area contributed by atoms with Crippen molar-refractivity contribution in [2.24, 2.45) is 17.8 Å². The van der Waals surface area contributed by atoms with Crippen LogP contribution in [0.4, 0.5) is 10.5 Å². The molecule has 4 N–H and O–H groups in total. The van der Waals surface area contributed by atoms with E-state index in [-0.39, 0.29) is 41.3 Å². The minimum absolute atomic E-state index is 0.0740. The first-order valence-electron chi connectivity index (χ1n) is 20.7. The van der Waals surface area contributed by atoms with E-state index in [0.29, 0.717) is 48.8 Å². The topological polar surface area (TPSA) is 153 Å². The Morgan fingerprint density at radius 1 is 0.895 bits per heavy atom. The molecule has 0 bridgehead atoms. The van der Waals surface area contributed by atoms with E-state index < -0.39 is 17.6 Å². The molecule has 306 valence electrons. The third-order valence-electron chi connectivity index (χ3n) is 11.2. The number of H-pyrrole nitrogens is 2. The van der Waals surface area contributed by atoms with Gasteiger partial charge in [-0.25, -0.2) is 4.79 Å². The minimum Gasteiger partial charge on any atom is -0.444 e. The number of fused-ring (bicyclic) bond motifs is 1. The maximum absolute atomic E-state index is 13.9. The zero-order valence-corrected chi connectivity index (χ0v) is 34.6. The Bertz CT molecular complexity index is 2050. The monoisotopic (exact) mass is 779 g/mol. The molecule has 1 atom stereocenters. The average molecular weight is 780 g/mol. The van der Waals surface area contributed by atoms with Gasteiger partial charge in [0.05, 0.1) is 10.9 Å². The molecule has 11 nitrogen and oxygen atoms in total. The summed E-state index contributed by atoms with van der Waals surface area (Å²) in [4.78, 5) is 67.3. The number of unbranched alkanes of at least 4 members (excludes halogenated alkanes) is 1. The van der Waals surface area contributed by atoms with Crippen molar-refractivity contribution in [3.05, 3.63) is 87.7 Å². The lowest BCUT2D eigenvalue weighted by molar-refractivity contribution is -0.129. The number of rotatable bonds is 18. The molecule has 0 unspecified atom stereocenters. The third-order valence-corrected chi connectivity index (χ3v) is 11.2. The molecule has 0 radical (unpaired) electrons. The van der Waals surface area contributed by atoms with Gasteiger partial charge in [-0.05, 0) is 145 Å². The summed E-state index contributed by atoms with van der Waals surface area (Å²) >= 11 is 0. The SMILES string of the molecule is CCN(CC)CCCCC(=O)c1ccc(-c2ccc(C[C@H](CC(=O)C3CCC(CNC(=O)OC(C)(C)C)CC3)C(=O)Nc3ccc4c(=O)[nH][nH]c4c3)cc2)c(C)c1. The highest BCUT2D eigenvalue weighted by Gasteiger charge is 2.31. The van der Waals surface area contributed by atoms with Gasteiger partial charge in [0, 0.05) is 42.5 Å². The van der Waals surface area contributed by atoms with Crippen LogP contribution in [0.5, 0.6) is 0 Å². The van der Waals surface area contributed by atoms with Crippen LogP contribution in [0, 0.1) is 24.7 Å². The minimum atomic E-state index is -0.616. The van der Waals surface area contributed by atoms with E-state index in [1.54, 1.807) is 18.2 Å². The zero-order chi connectivity index (χ0) is 41.1. The standard InChI is InChI=1S/C46H61N5O6/c1-7-51(8-2)24-10-9-11-41(52)35-20-22-38(30(3)25-35)33-16-12-31(13-17-33)26-36(43(54)48-37-21-23-39-40(28-37)49-50-44(39)55)27-42(53)34-18-14-32(15-19-34)29-47-45(56)57-46(4,5)6/h12-13,16-17,20-23,25,28,32,34,36H,7-11,14-15,18-19,24,26-27,29H2,1-6H3,(H,47,56)(H,48,54)(H2,49,50,55)/t32?,34?,36-/m1/s1. The van der Waals surface area contributed by atoms with E-state index in [1.807, 2.05) is 70.2 Å². The molecule has 11 heteroatoms. The van der Waals surface area contributed by atoms with E-state index in [9.17, 15) is 24.0 Å². The number of Topliss-reactive ketones (excluding diaryl/α,β-unsaturated/α-hetero) is 2. The number of hydrogen-bond donors (Lipinski definition) is 4. The molecule has 4 aromatic rings. The molecule has 1 saturated carbocycles. The molecular weight excluding hydrogens is 719 g/mol. The van der Waals surface area contributed by atoms with Crippen LogP contribution in [0.25, 0.3) is 22.0 Å². The first-order valence-corrected chi connectivity index (χ1v) is 20.7. The van der Waals surface area contributed by atoms with Crippen molar-refractivity contribution in [1.82, 2.24) is 20.4 Å². The smallest absolute Gasteiger partial charge is 0.407 e. The highest BCUT2D eigenvalue weighted by atomic mass is 16.6. The van der Waals surface area contributed by atoms with Gasteiger partial charge < -0.3 is 20.3 Å². The molecular formula is C46H61N5O6. The van der Waals surface area contributed by atoms with Crippen molar-refractivity contribution in [1.29, 1.82) is 0 Å². The number of alkyl carbamates (subject to hydrolysis) is 1. The number of ketones is 2. The van der Waals surface area contributed by atoms with Gasteiger partial charge in [-0.3, -0.25) is 29.4 Å². The number of nitrogens with one attached hydrogen (secondary N) is 4. The third kappa shape index (κ3) is 12.5. The van der Waals surface area contributed by atoms with E-state index in [1.165, 1.54) is 0 Å². The number of carbonyl (C=O) groups excluding carboxylic acids is 4. The van der Waals surface area contributed by atoms with E-state index >= 15 is 0 Å². The van der Waals surface area contributed by atoms with Crippen LogP contribution in [-0.2, 0) is 20.7 Å². The van der Waals surface area contributed by atoms with E-state index in [4.69, 9.17) is 4.74 Å². The summed E-state index contributed by atoms with van der Waals surface area (Å²) in [5, 5.41) is 11.8. The zero-order valence-electron chi connectivity index (χ0n) is 34.6. The van der Waals surface area contributed by atoms with Crippen molar-refractivity contribution < 1.29 is 23.9 Å². The van der Waals surface area contributed by atoms with Crippen LogP contribution in [0.3, 0.4) is 0 Å². The molecule has 1 fully saturated rings. The predicted molar refractivity (Wildman–Crippen MR) is 227 cm³/mol. The Kier molecular flexibility index (Phi) is 15.0. The second kappa shape index (κ2) is 19.9. The number of aromatic nitrogens is 2. The number of aryl methyl sites for hydroxylation is 1. The molecule has 1 heterocycles. The number of anilines is 1. The largest absolute Gasteiger partial charge is 0.444 e. The first kappa shape index (κ1) is 43.1. The molecule has 5 rings (SSSR count). The number of hydrogen-bond acceptors (Lipinski definition) is 7. The van der Waals surface area contributed by atoms with Gasteiger partial charge in [0.25, 0.3) is 5.56 Å². The molecule has 57 heavy (non-hydrogen) atoms. The molecule has 1 aromatic heterocycles. The Labute approximate surface area is 336 Å². The fourth-order valence-electron chi connectivity index (χ4n) is 7.83. The quantitative estimate of drug-likeness (QED) is 0.0583. The van der Waals surface area contributed by atoms with Crippen LogP contribution >= 0.6 is 0 Å². The van der Waals surface area contributed by atoms with Crippen LogP contribution in [0.1, 0.15) is 107 Å². The molecule has 3 aromatic carbocycles. The summed E-state index contributed by atoms with van der Waals surface area (Å²) < 4.78 is 5.37. The highest BCUT2D eigenvalue weighted by Crippen LogP contribution is 2.32. The molecule has 0 aliphatic heterocycles. The van der Waals surface area contributed by atoms with Crippen molar-refractivity contribution in [3.63, 3.8) is 0 Å². The van der Waals surface area contributed by atoms with Crippen LogP contribution in [0.15, 0.2) is 65.5 Å². The number of aromatic amines is 2. The van der Waals surface area contributed by atoms with Crippen molar-refractivity contribution in [3.8, 4) is 11.1 Å². The van der Waals surface area contributed by atoms with Gasteiger partial charge in [0.2, 0.25) is 5.91 Å². The summed E-state index contributed by atoms with van der Waals surface area (Å²) in [6.45, 7) is 15.4. The lowest BCUT2D eigenvalue weighted by Gasteiger charge is -2.29.